The molecule has 0 radical (unpaired) electrons. The van der Waals surface area contributed by atoms with E-state index in [1.165, 1.54) is 12.1 Å². The maximum atomic E-state index is 13.2. The Bertz CT molecular complexity index is 1130. The van der Waals surface area contributed by atoms with Gasteiger partial charge in [0, 0.05) is 0 Å². The van der Waals surface area contributed by atoms with E-state index < -0.39 is 72.6 Å². The predicted octanol–water partition coefficient (Wildman–Crippen LogP) is 4.00. The van der Waals surface area contributed by atoms with Crippen molar-refractivity contribution < 1.29 is 41.7 Å². The van der Waals surface area contributed by atoms with E-state index >= 15 is 0 Å². The van der Waals surface area contributed by atoms with Crippen LogP contribution in [-0.4, -0.2) is 61.4 Å². The summed E-state index contributed by atoms with van der Waals surface area (Å²) in [5.74, 6) is -1.71. The van der Waals surface area contributed by atoms with Gasteiger partial charge in [-0.25, -0.2) is 8.42 Å². The number of sulfonamides is 1. The zero-order valence-electron chi connectivity index (χ0n) is 23.9. The van der Waals surface area contributed by atoms with Crippen LogP contribution in [0.2, 0.25) is 0 Å². The number of nitrogens with one attached hydrogen (secondary N) is 1. The third-order valence-corrected chi connectivity index (χ3v) is 8.44. The first kappa shape index (κ1) is 33.4. The quantitative estimate of drug-likeness (QED) is 0.196. The van der Waals surface area contributed by atoms with Crippen LogP contribution in [-0.2, 0) is 43.4 Å². The van der Waals surface area contributed by atoms with E-state index in [1.54, 1.807) is 80.5 Å². The summed E-state index contributed by atoms with van der Waals surface area (Å²) in [4.78, 5) is 38.5. The van der Waals surface area contributed by atoms with Gasteiger partial charge in [0.15, 0.2) is 12.2 Å². The Kier molecular flexibility index (Phi) is 10.6. The van der Waals surface area contributed by atoms with E-state index in [1.807, 2.05) is 22.6 Å². The number of carbonyl (C=O) groups is 3. The highest BCUT2D eigenvalue weighted by Crippen LogP contribution is 2.34. The lowest BCUT2D eigenvalue weighted by molar-refractivity contribution is -0.221. The molecule has 10 nitrogen and oxygen atoms in total. The van der Waals surface area contributed by atoms with Gasteiger partial charge in [-0.3, -0.25) is 14.4 Å². The van der Waals surface area contributed by atoms with Crippen molar-refractivity contribution in [3.05, 3.63) is 30.3 Å². The Morgan fingerprint density at radius 3 is 1.74 bits per heavy atom. The second kappa shape index (κ2) is 12.4. The van der Waals surface area contributed by atoms with Gasteiger partial charge in [0.25, 0.3) is 0 Å². The zero-order chi connectivity index (χ0) is 30.0. The van der Waals surface area contributed by atoms with E-state index in [9.17, 15) is 22.8 Å². The molecule has 2 rings (SSSR count). The van der Waals surface area contributed by atoms with Crippen LogP contribution in [0.4, 0.5) is 0 Å². The van der Waals surface area contributed by atoms with E-state index in [0.29, 0.717) is 0 Å². The molecule has 1 aliphatic heterocycles. The van der Waals surface area contributed by atoms with Crippen LogP contribution in [0.5, 0.6) is 0 Å². The Morgan fingerprint density at radius 1 is 0.821 bits per heavy atom. The van der Waals surface area contributed by atoms with Crippen molar-refractivity contribution >= 4 is 50.5 Å². The van der Waals surface area contributed by atoms with Gasteiger partial charge >= 0.3 is 17.9 Å². The van der Waals surface area contributed by atoms with Crippen LogP contribution in [0.25, 0.3) is 0 Å². The van der Waals surface area contributed by atoms with Gasteiger partial charge < -0.3 is 18.9 Å². The van der Waals surface area contributed by atoms with Gasteiger partial charge in [0.1, 0.15) is 18.9 Å². The van der Waals surface area contributed by atoms with E-state index in [4.69, 9.17) is 18.9 Å². The largest absolute Gasteiger partial charge is 0.462 e. The Hall–Kier alpha value is -1.77. The number of carbonyl (C=O) groups excluding carboxylic acids is 3. The molecule has 1 aliphatic rings. The van der Waals surface area contributed by atoms with Gasteiger partial charge in [0.2, 0.25) is 10.0 Å². The fourth-order valence-corrected chi connectivity index (χ4v) is 5.51. The van der Waals surface area contributed by atoms with Gasteiger partial charge in [-0.05, 0) is 74.4 Å². The normalized spacial score (nSPS) is 24.5. The highest BCUT2D eigenvalue weighted by Gasteiger charge is 2.52. The van der Waals surface area contributed by atoms with Crippen molar-refractivity contribution in [2.75, 3.05) is 6.61 Å². The first-order valence-electron chi connectivity index (χ1n) is 12.6. The minimum atomic E-state index is -4.05. The molecule has 0 unspecified atom stereocenters. The minimum Gasteiger partial charge on any atom is -0.462 e. The fourth-order valence-electron chi connectivity index (χ4n) is 3.20. The summed E-state index contributed by atoms with van der Waals surface area (Å²) >= 11 is 1.92. The van der Waals surface area contributed by atoms with E-state index in [0.717, 1.165) is 0 Å². The minimum absolute atomic E-state index is 0.0115. The third kappa shape index (κ3) is 9.12. The second-order valence-electron chi connectivity index (χ2n) is 12.6. The van der Waals surface area contributed by atoms with Crippen molar-refractivity contribution in [1.82, 2.24) is 4.72 Å². The Balaban J connectivity index is 2.52. The number of hydrogen-bond donors (Lipinski definition) is 1. The van der Waals surface area contributed by atoms with Crippen LogP contribution >= 0.6 is 22.6 Å². The van der Waals surface area contributed by atoms with Crippen molar-refractivity contribution in [1.29, 1.82) is 0 Å². The summed E-state index contributed by atoms with van der Waals surface area (Å²) in [6.45, 7) is 14.7. The highest BCUT2D eigenvalue weighted by atomic mass is 127. The topological polar surface area (TPSA) is 134 Å². The molecule has 0 aromatic heterocycles. The number of benzene rings is 1. The summed E-state index contributed by atoms with van der Waals surface area (Å²) in [5, 5.41) is 0. The average molecular weight is 682 g/mol. The molecule has 1 aromatic rings. The summed E-state index contributed by atoms with van der Waals surface area (Å²) in [5.41, 5.74) is -2.64. The third-order valence-electron chi connectivity index (χ3n) is 5.64. The second-order valence-corrected chi connectivity index (χ2v) is 15.7. The van der Waals surface area contributed by atoms with Gasteiger partial charge in [-0.1, -0.05) is 40.8 Å². The number of ether oxygens (including phenoxy) is 4. The summed E-state index contributed by atoms with van der Waals surface area (Å²) in [6, 6.07) is 7.72. The fraction of sp³-hybridized carbons (Fsp3) is 0.667. The van der Waals surface area contributed by atoms with Crippen LogP contribution in [0.15, 0.2) is 35.2 Å². The summed E-state index contributed by atoms with van der Waals surface area (Å²) in [6.07, 6.45) is -4.67. The first-order chi connectivity index (χ1) is 17.6. The SMILES string of the molecule is CC(C)(C)C(=O)OC[C@H]1O[C@H](NS(=O)(=O)c2ccccc2)[C@@H](I)[C@@H](OC(=O)C(C)(C)C)[C@@H]1OC(=O)C(C)(C)C. The lowest BCUT2D eigenvalue weighted by Gasteiger charge is -2.44. The maximum Gasteiger partial charge on any atom is 0.311 e. The van der Waals surface area contributed by atoms with Crippen LogP contribution in [0.1, 0.15) is 62.3 Å². The first-order valence-corrected chi connectivity index (χ1v) is 15.3. The zero-order valence-corrected chi connectivity index (χ0v) is 26.9. The lowest BCUT2D eigenvalue weighted by Crippen LogP contribution is -2.64. The smallest absolute Gasteiger partial charge is 0.311 e. The lowest BCUT2D eigenvalue weighted by atomic mass is 9.94. The molecule has 12 heteroatoms. The molecule has 0 amide bonds. The van der Waals surface area contributed by atoms with E-state index in [2.05, 4.69) is 4.72 Å². The standard InChI is InChI=1S/C27H40INO9S/c1-25(2,3)22(30)35-15-17-19(37-23(31)26(4,5)6)20(38-24(32)27(7,8)9)18(28)21(36-17)29-39(33,34)16-13-11-10-12-14-16/h10-14,17-21,29H,15H2,1-9H3/t17-,18+,19-,20-,21+/m1/s1. The molecule has 1 N–H and O–H groups in total. The number of hydrogen-bond acceptors (Lipinski definition) is 9. The monoisotopic (exact) mass is 681 g/mol. The molecule has 220 valence electrons. The molecule has 5 atom stereocenters. The Morgan fingerprint density at radius 2 is 1.28 bits per heavy atom. The molecule has 1 fully saturated rings. The number of esters is 3. The Labute approximate surface area is 245 Å². The molecule has 1 saturated heterocycles. The molecular weight excluding hydrogens is 641 g/mol. The van der Waals surface area contributed by atoms with Gasteiger partial charge in [0.05, 0.1) is 25.1 Å². The maximum absolute atomic E-state index is 13.2. The number of rotatable bonds is 7. The van der Waals surface area contributed by atoms with Crippen molar-refractivity contribution in [3.63, 3.8) is 0 Å². The van der Waals surface area contributed by atoms with Gasteiger partial charge in [-0.15, -0.1) is 0 Å². The molecule has 0 aliphatic carbocycles. The molecule has 1 aromatic carbocycles. The van der Waals surface area contributed by atoms with E-state index in [-0.39, 0.29) is 11.5 Å². The average Bonchev–Trinajstić information content (AvgIpc) is 2.80. The van der Waals surface area contributed by atoms with Gasteiger partial charge in [-0.2, -0.15) is 4.72 Å². The van der Waals surface area contributed by atoms with Crippen LogP contribution in [0, 0.1) is 16.2 Å². The van der Waals surface area contributed by atoms with Crippen molar-refractivity contribution in [2.24, 2.45) is 16.2 Å². The molecular formula is C27H40INO9S. The molecule has 0 bridgehead atoms. The number of alkyl halides is 1. The summed E-state index contributed by atoms with van der Waals surface area (Å²) in [7, 11) is -4.05. The highest BCUT2D eigenvalue weighted by molar-refractivity contribution is 14.1. The molecule has 0 spiro atoms. The molecule has 0 saturated carbocycles. The number of halogens is 1. The molecule has 1 heterocycles. The summed E-state index contributed by atoms with van der Waals surface area (Å²) < 4.78 is 51.3. The van der Waals surface area contributed by atoms with Crippen LogP contribution < -0.4 is 4.72 Å². The van der Waals surface area contributed by atoms with Crippen molar-refractivity contribution in [3.8, 4) is 0 Å². The predicted molar refractivity (Wildman–Crippen MR) is 152 cm³/mol. The van der Waals surface area contributed by atoms with Crippen LogP contribution in [0.3, 0.4) is 0 Å². The van der Waals surface area contributed by atoms with Crippen molar-refractivity contribution in [2.45, 2.75) is 95.7 Å². The molecule has 39 heavy (non-hydrogen) atoms.